The van der Waals surface area contributed by atoms with Crippen molar-refractivity contribution in [3.63, 3.8) is 0 Å². The lowest BCUT2D eigenvalue weighted by atomic mass is 10.1. The smallest absolute Gasteiger partial charge is 0.249 e. The Labute approximate surface area is 90.1 Å². The Morgan fingerprint density at radius 1 is 1.64 bits per heavy atom. The van der Waals surface area contributed by atoms with Gasteiger partial charge in [0.05, 0.1) is 0 Å². The van der Waals surface area contributed by atoms with Crippen LogP contribution in [0.2, 0.25) is 0 Å². The Bertz CT molecular complexity index is 191. The second kappa shape index (κ2) is 5.56. The van der Waals surface area contributed by atoms with E-state index in [1.165, 1.54) is 0 Å². The quantitative estimate of drug-likeness (QED) is 0.731. The summed E-state index contributed by atoms with van der Waals surface area (Å²) in [5.41, 5.74) is 0. The van der Waals surface area contributed by atoms with Crippen LogP contribution in [0.3, 0.4) is 0 Å². The van der Waals surface area contributed by atoms with Crippen molar-refractivity contribution in [1.29, 1.82) is 0 Å². The van der Waals surface area contributed by atoms with E-state index in [-0.39, 0.29) is 23.4 Å². The fraction of sp³-hybridized carbons (Fsp3) is 0.900. The molecule has 14 heavy (non-hydrogen) atoms. The van der Waals surface area contributed by atoms with Crippen molar-refractivity contribution in [3.8, 4) is 0 Å². The van der Waals surface area contributed by atoms with Gasteiger partial charge < -0.3 is 10.1 Å². The largest absolute Gasteiger partial charge is 0.368 e. The summed E-state index contributed by atoms with van der Waals surface area (Å²) in [7, 11) is 0. The highest BCUT2D eigenvalue weighted by Gasteiger charge is 2.24. The van der Waals surface area contributed by atoms with Crippen molar-refractivity contribution in [2.45, 2.75) is 50.6 Å². The molecule has 1 N–H and O–H groups in total. The van der Waals surface area contributed by atoms with E-state index in [0.29, 0.717) is 6.61 Å². The molecule has 3 unspecified atom stereocenters. The van der Waals surface area contributed by atoms with Gasteiger partial charge in [-0.15, -0.1) is 11.6 Å². The Hall–Kier alpha value is -0.280. The van der Waals surface area contributed by atoms with Crippen molar-refractivity contribution in [2.75, 3.05) is 6.61 Å². The first-order valence-electron chi connectivity index (χ1n) is 5.15. The van der Waals surface area contributed by atoms with Crippen LogP contribution in [-0.4, -0.2) is 30.0 Å². The number of carbonyl (C=O) groups excluding carboxylic acids is 1. The van der Waals surface area contributed by atoms with E-state index in [1.807, 2.05) is 13.8 Å². The molecule has 1 aliphatic heterocycles. The molecule has 0 bridgehead atoms. The predicted octanol–water partition coefficient (Wildman–Crippen LogP) is 1.69. The number of halogens is 1. The van der Waals surface area contributed by atoms with E-state index in [4.69, 9.17) is 16.3 Å². The minimum atomic E-state index is -0.233. The SMILES string of the molecule is CC(Cl)CC(C)NC(=O)C1CCCO1. The molecule has 3 atom stereocenters. The molecule has 1 amide bonds. The van der Waals surface area contributed by atoms with E-state index in [1.54, 1.807) is 0 Å². The topological polar surface area (TPSA) is 38.3 Å². The average Bonchev–Trinajstić information content (AvgIpc) is 2.53. The molecule has 1 heterocycles. The Balaban J connectivity index is 2.25. The molecule has 0 aromatic heterocycles. The van der Waals surface area contributed by atoms with Gasteiger partial charge in [-0.05, 0) is 33.1 Å². The van der Waals surface area contributed by atoms with Crippen LogP contribution in [0.1, 0.15) is 33.1 Å². The maximum absolute atomic E-state index is 11.6. The van der Waals surface area contributed by atoms with Crippen molar-refractivity contribution >= 4 is 17.5 Å². The summed E-state index contributed by atoms with van der Waals surface area (Å²) in [6.45, 7) is 4.60. The van der Waals surface area contributed by atoms with Crippen molar-refractivity contribution in [3.05, 3.63) is 0 Å². The molecular weight excluding hydrogens is 202 g/mol. The average molecular weight is 220 g/mol. The molecule has 0 spiro atoms. The zero-order chi connectivity index (χ0) is 10.6. The van der Waals surface area contributed by atoms with Crippen LogP contribution in [0.5, 0.6) is 0 Å². The number of amides is 1. The monoisotopic (exact) mass is 219 g/mol. The molecule has 1 aliphatic rings. The maximum Gasteiger partial charge on any atom is 0.249 e. The van der Waals surface area contributed by atoms with Crippen molar-refractivity contribution in [1.82, 2.24) is 5.32 Å². The van der Waals surface area contributed by atoms with Crippen LogP contribution in [0.15, 0.2) is 0 Å². The summed E-state index contributed by atoms with van der Waals surface area (Å²) in [4.78, 5) is 11.6. The first kappa shape index (κ1) is 11.8. The van der Waals surface area contributed by atoms with Crippen LogP contribution in [-0.2, 0) is 9.53 Å². The normalized spacial score (nSPS) is 25.8. The van der Waals surface area contributed by atoms with E-state index in [0.717, 1.165) is 19.3 Å². The number of alkyl halides is 1. The van der Waals surface area contributed by atoms with E-state index >= 15 is 0 Å². The lowest BCUT2D eigenvalue weighted by molar-refractivity contribution is -0.130. The van der Waals surface area contributed by atoms with Gasteiger partial charge >= 0.3 is 0 Å². The van der Waals surface area contributed by atoms with E-state index in [2.05, 4.69) is 5.32 Å². The number of nitrogens with one attached hydrogen (secondary N) is 1. The minimum absolute atomic E-state index is 0.00677. The second-order valence-corrected chi connectivity index (χ2v) is 4.67. The van der Waals surface area contributed by atoms with Crippen LogP contribution in [0.25, 0.3) is 0 Å². The molecule has 0 radical (unpaired) electrons. The third kappa shape index (κ3) is 3.84. The molecule has 0 aromatic rings. The van der Waals surface area contributed by atoms with Gasteiger partial charge in [-0.1, -0.05) is 0 Å². The third-order valence-corrected chi connectivity index (χ3v) is 2.47. The summed E-state index contributed by atoms with van der Waals surface area (Å²) in [5.74, 6) is 0.00677. The standard InChI is InChI=1S/C10H18ClNO2/c1-7(11)6-8(2)12-10(13)9-4-3-5-14-9/h7-9H,3-6H2,1-2H3,(H,12,13). The molecular formula is C10H18ClNO2. The van der Waals surface area contributed by atoms with E-state index in [9.17, 15) is 4.79 Å². The maximum atomic E-state index is 11.6. The molecule has 0 saturated carbocycles. The van der Waals surface area contributed by atoms with Crippen LogP contribution in [0, 0.1) is 0 Å². The Kier molecular flexibility index (Phi) is 4.69. The summed E-state index contributed by atoms with van der Waals surface area (Å²) >= 11 is 5.83. The van der Waals surface area contributed by atoms with Gasteiger partial charge in [-0.25, -0.2) is 0 Å². The molecule has 1 rings (SSSR count). The van der Waals surface area contributed by atoms with Crippen LogP contribution in [0.4, 0.5) is 0 Å². The predicted molar refractivity (Wildman–Crippen MR) is 56.5 cm³/mol. The number of hydrogen-bond acceptors (Lipinski definition) is 2. The van der Waals surface area contributed by atoms with Crippen LogP contribution >= 0.6 is 11.6 Å². The molecule has 1 saturated heterocycles. The Morgan fingerprint density at radius 2 is 2.36 bits per heavy atom. The second-order valence-electron chi connectivity index (χ2n) is 3.93. The van der Waals surface area contributed by atoms with E-state index < -0.39 is 0 Å². The first-order valence-corrected chi connectivity index (χ1v) is 5.59. The highest BCUT2D eigenvalue weighted by atomic mass is 35.5. The molecule has 3 nitrogen and oxygen atoms in total. The zero-order valence-electron chi connectivity index (χ0n) is 8.75. The highest BCUT2D eigenvalue weighted by Crippen LogP contribution is 2.12. The number of rotatable bonds is 4. The van der Waals surface area contributed by atoms with Gasteiger partial charge in [0.2, 0.25) is 5.91 Å². The van der Waals surface area contributed by atoms with Crippen LogP contribution < -0.4 is 5.32 Å². The summed E-state index contributed by atoms with van der Waals surface area (Å²) in [6.07, 6.45) is 2.39. The van der Waals surface area contributed by atoms with Gasteiger partial charge in [-0.2, -0.15) is 0 Å². The molecule has 1 fully saturated rings. The molecule has 0 aromatic carbocycles. The summed E-state index contributed by atoms with van der Waals surface area (Å²) < 4.78 is 5.28. The van der Waals surface area contributed by atoms with Crippen molar-refractivity contribution in [2.24, 2.45) is 0 Å². The molecule has 0 aliphatic carbocycles. The zero-order valence-corrected chi connectivity index (χ0v) is 9.51. The molecule has 4 heteroatoms. The number of hydrogen-bond donors (Lipinski definition) is 1. The van der Waals surface area contributed by atoms with Gasteiger partial charge in [0.25, 0.3) is 0 Å². The summed E-state index contributed by atoms with van der Waals surface area (Å²) in [6, 6.07) is 0.124. The van der Waals surface area contributed by atoms with Gasteiger partial charge in [0.15, 0.2) is 0 Å². The lowest BCUT2D eigenvalue weighted by Crippen LogP contribution is -2.40. The van der Waals surface area contributed by atoms with Gasteiger partial charge in [-0.3, -0.25) is 4.79 Å². The number of carbonyl (C=O) groups is 1. The first-order chi connectivity index (χ1) is 6.59. The summed E-state index contributed by atoms with van der Waals surface area (Å²) in [5, 5.41) is 3.00. The fourth-order valence-corrected chi connectivity index (χ4v) is 1.93. The minimum Gasteiger partial charge on any atom is -0.368 e. The highest BCUT2D eigenvalue weighted by molar-refractivity contribution is 6.20. The lowest BCUT2D eigenvalue weighted by Gasteiger charge is -2.17. The van der Waals surface area contributed by atoms with Crippen molar-refractivity contribution < 1.29 is 9.53 Å². The fourth-order valence-electron chi connectivity index (χ4n) is 1.67. The van der Waals surface area contributed by atoms with Gasteiger partial charge in [0, 0.05) is 18.0 Å². The third-order valence-electron chi connectivity index (χ3n) is 2.29. The molecule has 82 valence electrons. The number of ether oxygens (including phenoxy) is 1. The Morgan fingerprint density at radius 3 is 2.86 bits per heavy atom. The van der Waals surface area contributed by atoms with Gasteiger partial charge in [0.1, 0.15) is 6.10 Å².